The van der Waals surface area contributed by atoms with Gasteiger partial charge in [-0.3, -0.25) is 4.79 Å². The van der Waals surface area contributed by atoms with Gasteiger partial charge in [0.15, 0.2) is 11.5 Å². The number of methoxy groups -OCH3 is 4. The Morgan fingerprint density at radius 1 is 0.893 bits per heavy atom. The lowest BCUT2D eigenvalue weighted by Gasteiger charge is -2.40. The van der Waals surface area contributed by atoms with Gasteiger partial charge in [-0.2, -0.15) is 0 Å². The van der Waals surface area contributed by atoms with Crippen LogP contribution in [0, 0.1) is 0 Å². The van der Waals surface area contributed by atoms with E-state index >= 15 is 0 Å². The fourth-order valence-electron chi connectivity index (χ4n) is 3.87. The van der Waals surface area contributed by atoms with Crippen LogP contribution in [0.15, 0.2) is 30.3 Å². The summed E-state index contributed by atoms with van der Waals surface area (Å²) in [4.78, 5) is 15.3. The van der Waals surface area contributed by atoms with Gasteiger partial charge >= 0.3 is 0 Å². The lowest BCUT2D eigenvalue weighted by molar-refractivity contribution is 0.0678. The summed E-state index contributed by atoms with van der Waals surface area (Å²) in [6, 6.07) is 9.31. The van der Waals surface area contributed by atoms with Gasteiger partial charge in [0.05, 0.1) is 28.4 Å². The monoisotopic (exact) mass is 385 g/mol. The molecule has 1 amide bonds. The predicted molar refractivity (Wildman–Crippen MR) is 107 cm³/mol. The van der Waals surface area contributed by atoms with Gasteiger partial charge in [0, 0.05) is 18.5 Å². The zero-order chi connectivity index (χ0) is 20.5. The van der Waals surface area contributed by atoms with Crippen molar-refractivity contribution in [1.82, 2.24) is 4.90 Å². The molecule has 150 valence electrons. The number of carbonyl (C=O) groups excluding carboxylic acids is 1. The molecule has 0 fully saturated rings. The van der Waals surface area contributed by atoms with Gasteiger partial charge in [-0.05, 0) is 35.4 Å². The Hall–Kier alpha value is -2.89. The Morgan fingerprint density at radius 2 is 1.43 bits per heavy atom. The zero-order valence-corrected chi connectivity index (χ0v) is 17.3. The number of hydrogen-bond donors (Lipinski definition) is 0. The van der Waals surface area contributed by atoms with Crippen LogP contribution >= 0.6 is 0 Å². The molecule has 0 radical (unpaired) electrons. The van der Waals surface area contributed by atoms with E-state index in [2.05, 4.69) is 13.8 Å². The molecule has 0 aliphatic carbocycles. The average molecular weight is 385 g/mol. The SMILES string of the molecule is COc1cc2c(cc1OC)C(C)(C)CN(C(=O)c1c(OC)cccc1OC)C2. The number of fused-ring (bicyclic) bond motifs is 1. The molecule has 0 aromatic heterocycles. The van der Waals surface area contributed by atoms with E-state index in [4.69, 9.17) is 18.9 Å². The Balaban J connectivity index is 2.05. The smallest absolute Gasteiger partial charge is 0.261 e. The second-order valence-electron chi connectivity index (χ2n) is 7.45. The highest BCUT2D eigenvalue weighted by Gasteiger charge is 2.36. The maximum Gasteiger partial charge on any atom is 0.261 e. The second-order valence-corrected chi connectivity index (χ2v) is 7.45. The molecule has 0 saturated heterocycles. The Morgan fingerprint density at radius 3 is 1.96 bits per heavy atom. The molecule has 28 heavy (non-hydrogen) atoms. The van der Waals surface area contributed by atoms with Gasteiger partial charge < -0.3 is 23.8 Å². The Bertz CT molecular complexity index is 868. The third-order valence-electron chi connectivity index (χ3n) is 5.21. The first-order chi connectivity index (χ1) is 13.4. The van der Waals surface area contributed by atoms with Crippen LogP contribution in [0.2, 0.25) is 0 Å². The van der Waals surface area contributed by atoms with Gasteiger partial charge in [-0.25, -0.2) is 0 Å². The fraction of sp³-hybridized carbons (Fsp3) is 0.409. The number of ether oxygens (including phenoxy) is 4. The van der Waals surface area contributed by atoms with Gasteiger partial charge in [0.25, 0.3) is 5.91 Å². The largest absolute Gasteiger partial charge is 0.496 e. The molecule has 0 bridgehead atoms. The zero-order valence-electron chi connectivity index (χ0n) is 17.3. The number of carbonyl (C=O) groups is 1. The van der Waals surface area contributed by atoms with Crippen LogP contribution < -0.4 is 18.9 Å². The molecular formula is C22H27NO5. The average Bonchev–Trinajstić information content (AvgIpc) is 2.70. The standard InChI is InChI=1S/C22H27NO5/c1-22(2)13-23(12-14-10-18(27-5)19(28-6)11-15(14)22)21(24)20-16(25-3)8-7-9-17(20)26-4/h7-11H,12-13H2,1-6H3. The molecule has 0 unspecified atom stereocenters. The van der Waals surface area contributed by atoms with Crippen LogP contribution in [0.4, 0.5) is 0 Å². The number of rotatable bonds is 5. The molecule has 2 aromatic carbocycles. The summed E-state index contributed by atoms with van der Waals surface area (Å²) in [5.74, 6) is 2.23. The molecule has 1 aliphatic rings. The maximum absolute atomic E-state index is 13.4. The van der Waals surface area contributed by atoms with Gasteiger partial charge in [0.1, 0.15) is 17.1 Å². The topological polar surface area (TPSA) is 57.2 Å². The number of nitrogens with zero attached hydrogens (tertiary/aromatic N) is 1. The van der Waals surface area contributed by atoms with Crippen molar-refractivity contribution < 1.29 is 23.7 Å². The Labute approximate surface area is 166 Å². The van der Waals surface area contributed by atoms with Crippen molar-refractivity contribution in [1.29, 1.82) is 0 Å². The lowest BCUT2D eigenvalue weighted by Crippen LogP contribution is -2.45. The molecule has 3 rings (SSSR count). The van der Waals surface area contributed by atoms with E-state index in [1.54, 1.807) is 46.6 Å². The molecule has 0 N–H and O–H groups in total. The molecular weight excluding hydrogens is 358 g/mol. The number of hydrogen-bond acceptors (Lipinski definition) is 5. The first-order valence-corrected chi connectivity index (χ1v) is 9.12. The molecule has 6 heteroatoms. The minimum absolute atomic E-state index is 0.122. The summed E-state index contributed by atoms with van der Waals surface area (Å²) in [6.45, 7) is 5.28. The van der Waals surface area contributed by atoms with Crippen molar-refractivity contribution in [2.24, 2.45) is 0 Å². The quantitative estimate of drug-likeness (QED) is 0.786. The summed E-state index contributed by atoms with van der Waals surface area (Å²) in [6.07, 6.45) is 0. The van der Waals surface area contributed by atoms with Gasteiger partial charge in [-0.15, -0.1) is 0 Å². The van der Waals surface area contributed by atoms with Crippen LogP contribution in [0.3, 0.4) is 0 Å². The second kappa shape index (κ2) is 7.62. The summed E-state index contributed by atoms with van der Waals surface area (Å²) in [5, 5.41) is 0. The van der Waals surface area contributed by atoms with Crippen LogP contribution in [0.1, 0.15) is 35.3 Å². The van der Waals surface area contributed by atoms with Crippen molar-refractivity contribution in [3.63, 3.8) is 0 Å². The van der Waals surface area contributed by atoms with E-state index in [0.29, 0.717) is 41.7 Å². The van der Waals surface area contributed by atoms with E-state index in [-0.39, 0.29) is 11.3 Å². The lowest BCUT2D eigenvalue weighted by atomic mass is 9.78. The normalized spacial score (nSPS) is 14.9. The molecule has 0 saturated carbocycles. The van der Waals surface area contributed by atoms with Crippen molar-refractivity contribution >= 4 is 5.91 Å². The number of benzene rings is 2. The molecule has 6 nitrogen and oxygen atoms in total. The van der Waals surface area contributed by atoms with Crippen molar-refractivity contribution in [3.05, 3.63) is 47.0 Å². The van der Waals surface area contributed by atoms with Crippen LogP contribution in [0.25, 0.3) is 0 Å². The van der Waals surface area contributed by atoms with E-state index in [9.17, 15) is 4.79 Å². The van der Waals surface area contributed by atoms with E-state index in [1.165, 1.54) is 0 Å². The molecule has 1 aliphatic heterocycles. The highest BCUT2D eigenvalue weighted by atomic mass is 16.5. The minimum Gasteiger partial charge on any atom is -0.496 e. The fourth-order valence-corrected chi connectivity index (χ4v) is 3.87. The summed E-state index contributed by atoms with van der Waals surface area (Å²) in [5.41, 5.74) is 2.38. The highest BCUT2D eigenvalue weighted by Crippen LogP contribution is 2.41. The summed E-state index contributed by atoms with van der Waals surface area (Å²) >= 11 is 0. The van der Waals surface area contributed by atoms with Crippen LogP contribution in [-0.2, 0) is 12.0 Å². The number of amides is 1. The molecule has 0 spiro atoms. The van der Waals surface area contributed by atoms with Gasteiger partial charge in [-0.1, -0.05) is 19.9 Å². The summed E-state index contributed by atoms with van der Waals surface area (Å²) < 4.78 is 21.8. The summed E-state index contributed by atoms with van der Waals surface area (Å²) in [7, 11) is 6.35. The van der Waals surface area contributed by atoms with E-state index < -0.39 is 0 Å². The minimum atomic E-state index is -0.252. The first-order valence-electron chi connectivity index (χ1n) is 9.12. The third-order valence-corrected chi connectivity index (χ3v) is 5.21. The van der Waals surface area contributed by atoms with Crippen LogP contribution in [0.5, 0.6) is 23.0 Å². The first kappa shape index (κ1) is 19.9. The molecule has 1 heterocycles. The van der Waals surface area contributed by atoms with Crippen LogP contribution in [-0.4, -0.2) is 45.8 Å². The predicted octanol–water partition coefficient (Wildman–Crippen LogP) is 3.65. The third kappa shape index (κ3) is 3.35. The molecule has 2 aromatic rings. The maximum atomic E-state index is 13.4. The molecule has 0 atom stereocenters. The van der Waals surface area contributed by atoms with Crippen molar-refractivity contribution in [2.75, 3.05) is 35.0 Å². The van der Waals surface area contributed by atoms with Gasteiger partial charge in [0.2, 0.25) is 0 Å². The Kier molecular flexibility index (Phi) is 5.40. The van der Waals surface area contributed by atoms with E-state index in [1.807, 2.05) is 17.0 Å². The highest BCUT2D eigenvalue weighted by molar-refractivity contribution is 6.00. The van der Waals surface area contributed by atoms with Crippen molar-refractivity contribution in [2.45, 2.75) is 25.8 Å². The van der Waals surface area contributed by atoms with Crippen molar-refractivity contribution in [3.8, 4) is 23.0 Å². The van der Waals surface area contributed by atoms with E-state index in [0.717, 1.165) is 11.1 Å².